The van der Waals surface area contributed by atoms with Crippen LogP contribution in [0, 0.1) is 6.92 Å². The summed E-state index contributed by atoms with van der Waals surface area (Å²) in [6, 6.07) is 14.0. The number of nitrogens with zero attached hydrogens (tertiary/aromatic N) is 1. The summed E-state index contributed by atoms with van der Waals surface area (Å²) < 4.78 is 0. The first-order chi connectivity index (χ1) is 10.5. The van der Waals surface area contributed by atoms with Crippen LogP contribution in [0.25, 0.3) is 0 Å². The lowest BCUT2D eigenvalue weighted by atomic mass is 10.2. The van der Waals surface area contributed by atoms with E-state index in [1.54, 1.807) is 38.4 Å². The number of rotatable bonds is 3. The lowest BCUT2D eigenvalue weighted by Crippen LogP contribution is -2.23. The maximum absolute atomic E-state index is 12.0. The molecule has 0 saturated carbocycles. The van der Waals surface area contributed by atoms with E-state index in [2.05, 4.69) is 10.6 Å². The molecule has 0 aliphatic heterocycles. The van der Waals surface area contributed by atoms with Crippen LogP contribution in [-0.2, 0) is 0 Å². The number of amides is 3. The van der Waals surface area contributed by atoms with Crippen LogP contribution in [0.15, 0.2) is 48.5 Å². The fourth-order valence-electron chi connectivity index (χ4n) is 1.99. The number of carbonyl (C=O) groups is 2. The van der Waals surface area contributed by atoms with Crippen LogP contribution in [0.5, 0.6) is 0 Å². The van der Waals surface area contributed by atoms with Crippen LogP contribution in [0.2, 0.25) is 0 Å². The SMILES string of the molecule is Cc1ccccc1NC(=O)Nc1cccc(C(=O)N(C)C)c1. The van der Waals surface area contributed by atoms with Crippen molar-refractivity contribution in [2.45, 2.75) is 6.92 Å². The summed E-state index contributed by atoms with van der Waals surface area (Å²) in [5.41, 5.74) is 2.83. The molecule has 2 N–H and O–H groups in total. The third-order valence-corrected chi connectivity index (χ3v) is 3.17. The van der Waals surface area contributed by atoms with E-state index in [-0.39, 0.29) is 11.9 Å². The van der Waals surface area contributed by atoms with E-state index in [9.17, 15) is 9.59 Å². The van der Waals surface area contributed by atoms with Crippen molar-refractivity contribution in [2.75, 3.05) is 24.7 Å². The zero-order chi connectivity index (χ0) is 16.1. The molecule has 0 atom stereocenters. The Bertz CT molecular complexity index is 696. The minimum Gasteiger partial charge on any atom is -0.345 e. The second-order valence-electron chi connectivity index (χ2n) is 5.17. The van der Waals surface area contributed by atoms with E-state index in [0.717, 1.165) is 11.3 Å². The van der Waals surface area contributed by atoms with Crippen LogP contribution in [-0.4, -0.2) is 30.9 Å². The Balaban J connectivity index is 2.08. The Kier molecular flexibility index (Phi) is 4.78. The maximum Gasteiger partial charge on any atom is 0.323 e. The highest BCUT2D eigenvalue weighted by Crippen LogP contribution is 2.15. The van der Waals surface area contributed by atoms with E-state index in [1.807, 2.05) is 31.2 Å². The fourth-order valence-corrected chi connectivity index (χ4v) is 1.99. The fraction of sp³-hybridized carbons (Fsp3) is 0.176. The van der Waals surface area contributed by atoms with Crippen molar-refractivity contribution >= 4 is 23.3 Å². The van der Waals surface area contributed by atoms with Gasteiger partial charge in [-0.3, -0.25) is 4.79 Å². The smallest absolute Gasteiger partial charge is 0.323 e. The molecule has 0 aliphatic carbocycles. The van der Waals surface area contributed by atoms with Crippen LogP contribution in [0.3, 0.4) is 0 Å². The Morgan fingerprint density at radius 3 is 2.36 bits per heavy atom. The third kappa shape index (κ3) is 3.85. The molecule has 5 heteroatoms. The zero-order valence-corrected chi connectivity index (χ0v) is 12.9. The lowest BCUT2D eigenvalue weighted by molar-refractivity contribution is 0.0827. The third-order valence-electron chi connectivity index (χ3n) is 3.17. The molecule has 5 nitrogen and oxygen atoms in total. The first-order valence-corrected chi connectivity index (χ1v) is 6.92. The number of urea groups is 1. The van der Waals surface area contributed by atoms with E-state index in [4.69, 9.17) is 0 Å². The second-order valence-corrected chi connectivity index (χ2v) is 5.17. The van der Waals surface area contributed by atoms with Crippen molar-refractivity contribution in [3.8, 4) is 0 Å². The van der Waals surface area contributed by atoms with E-state index in [1.165, 1.54) is 4.90 Å². The molecule has 2 aromatic carbocycles. The molecular formula is C17H19N3O2. The largest absolute Gasteiger partial charge is 0.345 e. The molecular weight excluding hydrogens is 278 g/mol. The van der Waals surface area contributed by atoms with Gasteiger partial charge in [0.15, 0.2) is 0 Å². The van der Waals surface area contributed by atoms with Gasteiger partial charge < -0.3 is 15.5 Å². The Labute approximate surface area is 129 Å². The number of carbonyl (C=O) groups excluding carboxylic acids is 2. The summed E-state index contributed by atoms with van der Waals surface area (Å²) in [5.74, 6) is -0.108. The number of anilines is 2. The summed E-state index contributed by atoms with van der Waals surface area (Å²) in [7, 11) is 3.38. The van der Waals surface area contributed by atoms with Crippen LogP contribution < -0.4 is 10.6 Å². The Hall–Kier alpha value is -2.82. The molecule has 2 rings (SSSR count). The van der Waals surface area contributed by atoms with Gasteiger partial charge >= 0.3 is 6.03 Å². The molecule has 0 spiro atoms. The van der Waals surface area contributed by atoms with Gasteiger partial charge in [-0.25, -0.2) is 4.79 Å². The van der Waals surface area contributed by atoms with Gasteiger partial charge in [0.05, 0.1) is 0 Å². The Morgan fingerprint density at radius 2 is 1.68 bits per heavy atom. The van der Waals surface area contributed by atoms with Gasteiger partial charge in [-0.1, -0.05) is 24.3 Å². The van der Waals surface area contributed by atoms with Crippen molar-refractivity contribution in [3.63, 3.8) is 0 Å². The molecule has 0 fully saturated rings. The van der Waals surface area contributed by atoms with Crippen LogP contribution in [0.4, 0.5) is 16.2 Å². The predicted octanol–water partition coefficient (Wildman–Crippen LogP) is 3.34. The standard InChI is InChI=1S/C17H19N3O2/c1-12-7-4-5-10-15(12)19-17(22)18-14-9-6-8-13(11-14)16(21)20(2)3/h4-11H,1-3H3,(H2,18,19,22). The summed E-state index contributed by atoms with van der Waals surface area (Å²) in [6.07, 6.45) is 0. The molecule has 0 aliphatic rings. The van der Waals surface area contributed by atoms with Gasteiger partial charge in [0.25, 0.3) is 5.91 Å². The highest BCUT2D eigenvalue weighted by molar-refractivity contribution is 6.01. The Morgan fingerprint density at radius 1 is 0.955 bits per heavy atom. The second kappa shape index (κ2) is 6.76. The molecule has 2 aromatic rings. The van der Waals surface area contributed by atoms with Gasteiger partial charge in [-0.2, -0.15) is 0 Å². The van der Waals surface area contributed by atoms with Crippen molar-refractivity contribution in [1.82, 2.24) is 4.90 Å². The van der Waals surface area contributed by atoms with E-state index >= 15 is 0 Å². The topological polar surface area (TPSA) is 61.4 Å². The van der Waals surface area contributed by atoms with Crippen molar-refractivity contribution in [1.29, 1.82) is 0 Å². The van der Waals surface area contributed by atoms with E-state index < -0.39 is 0 Å². The summed E-state index contributed by atoms with van der Waals surface area (Å²) >= 11 is 0. The number of para-hydroxylation sites is 1. The first kappa shape index (κ1) is 15.6. The van der Waals surface area contributed by atoms with Crippen LogP contribution in [0.1, 0.15) is 15.9 Å². The predicted molar refractivity (Wildman–Crippen MR) is 88.3 cm³/mol. The van der Waals surface area contributed by atoms with Gasteiger partial charge in [-0.05, 0) is 36.8 Å². The van der Waals surface area contributed by atoms with Gasteiger partial charge in [0.1, 0.15) is 0 Å². The zero-order valence-electron chi connectivity index (χ0n) is 12.9. The number of benzene rings is 2. The molecule has 0 heterocycles. The quantitative estimate of drug-likeness (QED) is 0.912. The molecule has 0 radical (unpaired) electrons. The number of hydrogen-bond donors (Lipinski definition) is 2. The number of nitrogens with one attached hydrogen (secondary N) is 2. The minimum atomic E-state index is -0.344. The number of hydrogen-bond acceptors (Lipinski definition) is 2. The molecule has 0 saturated heterocycles. The molecule has 22 heavy (non-hydrogen) atoms. The van der Waals surface area contributed by atoms with Crippen molar-refractivity contribution < 1.29 is 9.59 Å². The molecule has 3 amide bonds. The van der Waals surface area contributed by atoms with Crippen molar-refractivity contribution in [3.05, 3.63) is 59.7 Å². The molecule has 0 aromatic heterocycles. The van der Waals surface area contributed by atoms with Crippen LogP contribution >= 0.6 is 0 Å². The maximum atomic E-state index is 12.0. The summed E-state index contributed by atoms with van der Waals surface area (Å²) in [5, 5.41) is 5.52. The average molecular weight is 297 g/mol. The molecule has 114 valence electrons. The molecule has 0 unspecified atom stereocenters. The van der Waals surface area contributed by atoms with Gasteiger partial charge in [-0.15, -0.1) is 0 Å². The summed E-state index contributed by atoms with van der Waals surface area (Å²) in [6.45, 7) is 1.92. The average Bonchev–Trinajstić information content (AvgIpc) is 2.49. The lowest BCUT2D eigenvalue weighted by Gasteiger charge is -2.12. The van der Waals surface area contributed by atoms with Gasteiger partial charge in [0.2, 0.25) is 0 Å². The van der Waals surface area contributed by atoms with Gasteiger partial charge in [0, 0.05) is 31.0 Å². The minimum absolute atomic E-state index is 0.108. The highest BCUT2D eigenvalue weighted by atomic mass is 16.2. The monoisotopic (exact) mass is 297 g/mol. The first-order valence-electron chi connectivity index (χ1n) is 6.92. The highest BCUT2D eigenvalue weighted by Gasteiger charge is 2.10. The normalized spacial score (nSPS) is 9.95. The van der Waals surface area contributed by atoms with E-state index in [0.29, 0.717) is 11.3 Å². The number of aryl methyl sites for hydroxylation is 1. The summed E-state index contributed by atoms with van der Waals surface area (Å²) in [4.78, 5) is 25.4. The van der Waals surface area contributed by atoms with Crippen molar-refractivity contribution in [2.24, 2.45) is 0 Å². The molecule has 0 bridgehead atoms.